The SMILES string of the molecule is CC(CCc1ccccc1)Sc1ncccc1C(=O)NCC1CC2CCC1C2. The van der Waals surface area contributed by atoms with Crippen molar-refractivity contribution in [1.82, 2.24) is 10.3 Å². The molecule has 2 bridgehead atoms. The zero-order valence-corrected chi connectivity index (χ0v) is 17.5. The van der Waals surface area contributed by atoms with Crippen LogP contribution in [0.25, 0.3) is 0 Å². The molecule has 4 atom stereocenters. The predicted octanol–water partition coefficient (Wildman–Crippen LogP) is 5.36. The number of carbonyl (C=O) groups is 1. The molecule has 2 fully saturated rings. The van der Waals surface area contributed by atoms with Crippen molar-refractivity contribution >= 4 is 17.7 Å². The Morgan fingerprint density at radius 3 is 2.79 bits per heavy atom. The summed E-state index contributed by atoms with van der Waals surface area (Å²) in [4.78, 5) is 17.3. The zero-order valence-electron chi connectivity index (χ0n) is 16.6. The van der Waals surface area contributed by atoms with Crippen LogP contribution in [0, 0.1) is 17.8 Å². The lowest BCUT2D eigenvalue weighted by Crippen LogP contribution is -2.32. The van der Waals surface area contributed by atoms with Crippen molar-refractivity contribution in [2.75, 3.05) is 6.54 Å². The fourth-order valence-corrected chi connectivity index (χ4v) is 5.89. The zero-order chi connectivity index (χ0) is 19.3. The maximum Gasteiger partial charge on any atom is 0.254 e. The lowest BCUT2D eigenvalue weighted by molar-refractivity contribution is 0.0938. The van der Waals surface area contributed by atoms with Crippen molar-refractivity contribution in [3.8, 4) is 0 Å². The van der Waals surface area contributed by atoms with Crippen molar-refractivity contribution < 1.29 is 4.79 Å². The van der Waals surface area contributed by atoms with Gasteiger partial charge in [-0.05, 0) is 67.6 Å². The Morgan fingerprint density at radius 1 is 1.18 bits per heavy atom. The number of fused-ring (bicyclic) bond motifs is 2. The molecule has 1 aromatic heterocycles. The molecule has 0 radical (unpaired) electrons. The maximum absolute atomic E-state index is 12.8. The summed E-state index contributed by atoms with van der Waals surface area (Å²) < 4.78 is 0. The molecule has 0 saturated heterocycles. The Kier molecular flexibility index (Phi) is 6.36. The second kappa shape index (κ2) is 9.13. The minimum Gasteiger partial charge on any atom is -0.352 e. The molecule has 2 saturated carbocycles. The van der Waals surface area contributed by atoms with Gasteiger partial charge in [0, 0.05) is 18.0 Å². The van der Waals surface area contributed by atoms with Gasteiger partial charge in [0.1, 0.15) is 5.03 Å². The molecule has 1 amide bonds. The highest BCUT2D eigenvalue weighted by Gasteiger charge is 2.39. The minimum atomic E-state index is 0.0358. The van der Waals surface area contributed by atoms with E-state index in [1.165, 1.54) is 31.2 Å². The first-order valence-corrected chi connectivity index (χ1v) is 11.5. The van der Waals surface area contributed by atoms with Gasteiger partial charge in [-0.1, -0.05) is 43.7 Å². The molecule has 1 heterocycles. The second-order valence-corrected chi connectivity index (χ2v) is 9.88. The average Bonchev–Trinajstić information content (AvgIpc) is 3.35. The van der Waals surface area contributed by atoms with Crippen LogP contribution >= 0.6 is 11.8 Å². The molecule has 1 aromatic carbocycles. The van der Waals surface area contributed by atoms with Crippen LogP contribution in [0.2, 0.25) is 0 Å². The number of nitrogens with zero attached hydrogens (tertiary/aromatic N) is 1. The highest BCUT2D eigenvalue weighted by Crippen LogP contribution is 2.47. The van der Waals surface area contributed by atoms with Gasteiger partial charge in [-0.15, -0.1) is 11.8 Å². The van der Waals surface area contributed by atoms with E-state index >= 15 is 0 Å². The normalized spacial score (nSPS) is 24.2. The first-order valence-electron chi connectivity index (χ1n) is 10.6. The summed E-state index contributed by atoms with van der Waals surface area (Å²) in [5.41, 5.74) is 2.09. The third kappa shape index (κ3) is 4.78. The lowest BCUT2D eigenvalue weighted by Gasteiger charge is -2.22. The van der Waals surface area contributed by atoms with Crippen LogP contribution in [0.3, 0.4) is 0 Å². The molecule has 3 nitrogen and oxygen atoms in total. The number of amides is 1. The van der Waals surface area contributed by atoms with Gasteiger partial charge >= 0.3 is 0 Å². The van der Waals surface area contributed by atoms with Gasteiger partial charge in [0.2, 0.25) is 0 Å². The number of benzene rings is 1. The monoisotopic (exact) mass is 394 g/mol. The number of rotatable bonds is 8. The number of hydrogen-bond acceptors (Lipinski definition) is 3. The highest BCUT2D eigenvalue weighted by molar-refractivity contribution is 7.99. The number of aromatic nitrogens is 1. The third-order valence-electron chi connectivity index (χ3n) is 6.42. The summed E-state index contributed by atoms with van der Waals surface area (Å²) in [6.45, 7) is 3.04. The molecule has 4 rings (SSSR count). The summed E-state index contributed by atoms with van der Waals surface area (Å²) in [7, 11) is 0. The molecule has 4 unspecified atom stereocenters. The van der Waals surface area contributed by atoms with Crippen molar-refractivity contribution in [2.45, 2.75) is 55.7 Å². The number of pyridine rings is 1. The van der Waals surface area contributed by atoms with E-state index in [2.05, 4.69) is 47.6 Å². The quantitative estimate of drug-likeness (QED) is 0.613. The van der Waals surface area contributed by atoms with Crippen LogP contribution in [-0.2, 0) is 6.42 Å². The highest BCUT2D eigenvalue weighted by atomic mass is 32.2. The molecular formula is C24H30N2OS. The first-order chi connectivity index (χ1) is 13.7. The summed E-state index contributed by atoms with van der Waals surface area (Å²) in [6.07, 6.45) is 9.35. The minimum absolute atomic E-state index is 0.0358. The Bertz CT molecular complexity index is 794. The molecular weight excluding hydrogens is 364 g/mol. The van der Waals surface area contributed by atoms with Gasteiger partial charge in [0.25, 0.3) is 5.91 Å². The molecule has 1 N–H and O–H groups in total. The van der Waals surface area contributed by atoms with Crippen LogP contribution < -0.4 is 5.32 Å². The molecule has 0 spiro atoms. The Morgan fingerprint density at radius 2 is 2.04 bits per heavy atom. The van der Waals surface area contributed by atoms with Crippen molar-refractivity contribution in [1.29, 1.82) is 0 Å². The predicted molar refractivity (Wildman–Crippen MR) is 116 cm³/mol. The summed E-state index contributed by atoms with van der Waals surface area (Å²) >= 11 is 1.72. The number of thioether (sulfide) groups is 1. The molecule has 4 heteroatoms. The van der Waals surface area contributed by atoms with E-state index in [-0.39, 0.29) is 5.91 Å². The number of aryl methyl sites for hydroxylation is 1. The summed E-state index contributed by atoms with van der Waals surface area (Å²) in [6, 6.07) is 14.4. The molecule has 2 aliphatic rings. The summed E-state index contributed by atoms with van der Waals surface area (Å²) in [5, 5.41) is 4.47. The van der Waals surface area contributed by atoms with Gasteiger partial charge in [0.05, 0.1) is 5.56 Å². The van der Waals surface area contributed by atoms with Crippen molar-refractivity contribution in [3.05, 3.63) is 59.8 Å². The first kappa shape index (κ1) is 19.5. The van der Waals surface area contributed by atoms with Crippen LogP contribution in [0.5, 0.6) is 0 Å². The molecule has 0 aliphatic heterocycles. The van der Waals surface area contributed by atoms with E-state index < -0.39 is 0 Å². The van der Waals surface area contributed by atoms with Crippen LogP contribution in [-0.4, -0.2) is 22.7 Å². The molecule has 28 heavy (non-hydrogen) atoms. The fourth-order valence-electron chi connectivity index (χ4n) is 4.87. The van der Waals surface area contributed by atoms with E-state index in [1.807, 2.05) is 12.1 Å². The topological polar surface area (TPSA) is 42.0 Å². The smallest absolute Gasteiger partial charge is 0.254 e. The standard InChI is InChI=1S/C24H30N2OS/c1-17(9-10-18-6-3-2-4-7-18)28-24-22(8-5-13-25-24)23(27)26-16-21-15-19-11-12-20(21)14-19/h2-8,13,17,19-21H,9-12,14-16H2,1H3,(H,26,27). The van der Waals surface area contributed by atoms with Crippen LogP contribution in [0.4, 0.5) is 0 Å². The maximum atomic E-state index is 12.8. The largest absolute Gasteiger partial charge is 0.352 e. The number of nitrogens with one attached hydrogen (secondary N) is 1. The van der Waals surface area contributed by atoms with E-state index in [1.54, 1.807) is 18.0 Å². The van der Waals surface area contributed by atoms with E-state index in [0.717, 1.165) is 41.8 Å². The summed E-state index contributed by atoms with van der Waals surface area (Å²) in [5.74, 6) is 2.47. The van der Waals surface area contributed by atoms with Gasteiger partial charge in [-0.25, -0.2) is 4.98 Å². The number of hydrogen-bond donors (Lipinski definition) is 1. The van der Waals surface area contributed by atoms with Gasteiger partial charge < -0.3 is 5.32 Å². The second-order valence-electron chi connectivity index (χ2n) is 8.45. The van der Waals surface area contributed by atoms with E-state index in [9.17, 15) is 4.79 Å². The Labute approximate surface area is 172 Å². The van der Waals surface area contributed by atoms with Crippen molar-refractivity contribution in [2.24, 2.45) is 17.8 Å². The van der Waals surface area contributed by atoms with Crippen LogP contribution in [0.15, 0.2) is 53.7 Å². The number of carbonyl (C=O) groups excluding carboxylic acids is 1. The lowest BCUT2D eigenvalue weighted by atomic mass is 9.89. The Hall–Kier alpha value is -1.81. The van der Waals surface area contributed by atoms with E-state index in [4.69, 9.17) is 0 Å². The molecule has 2 aliphatic carbocycles. The van der Waals surface area contributed by atoms with E-state index in [0.29, 0.717) is 11.2 Å². The molecule has 2 aromatic rings. The van der Waals surface area contributed by atoms with Gasteiger partial charge in [0.15, 0.2) is 0 Å². The third-order valence-corrected chi connectivity index (χ3v) is 7.61. The van der Waals surface area contributed by atoms with Crippen molar-refractivity contribution in [3.63, 3.8) is 0 Å². The molecule has 148 valence electrons. The van der Waals surface area contributed by atoms with Crippen LogP contribution in [0.1, 0.15) is 54.9 Å². The average molecular weight is 395 g/mol. The fraction of sp³-hybridized carbons (Fsp3) is 0.500. The van der Waals surface area contributed by atoms with Gasteiger partial charge in [-0.3, -0.25) is 4.79 Å². The van der Waals surface area contributed by atoms with Gasteiger partial charge in [-0.2, -0.15) is 0 Å². The Balaban J connectivity index is 1.31.